The van der Waals surface area contributed by atoms with E-state index >= 15 is 0 Å². The zero-order chi connectivity index (χ0) is 15.6. The molecule has 1 aromatic rings. The lowest BCUT2D eigenvalue weighted by molar-refractivity contribution is -0.150. The molecule has 1 fully saturated rings. The van der Waals surface area contributed by atoms with E-state index < -0.39 is 17.3 Å². The maximum Gasteiger partial charge on any atom is 0.254 e. The predicted octanol–water partition coefficient (Wildman–Crippen LogP) is 0.551. The van der Waals surface area contributed by atoms with Crippen LogP contribution in [0.5, 0.6) is 5.75 Å². The Kier molecular flexibility index (Phi) is 4.13. The van der Waals surface area contributed by atoms with Crippen LogP contribution >= 0.6 is 0 Å². The van der Waals surface area contributed by atoms with Crippen molar-refractivity contribution in [1.29, 1.82) is 0 Å². The maximum absolute atomic E-state index is 13.7. The van der Waals surface area contributed by atoms with E-state index in [2.05, 4.69) is 0 Å². The summed E-state index contributed by atoms with van der Waals surface area (Å²) in [5.74, 6) is -1.57. The molecule has 1 aromatic carbocycles. The van der Waals surface area contributed by atoms with E-state index in [9.17, 15) is 14.0 Å². The fraction of sp³-hybridized carbons (Fsp3) is 0.429. The number of nitrogens with two attached hydrogens (primary N) is 1. The summed E-state index contributed by atoms with van der Waals surface area (Å²) in [5, 5.41) is 0. The Morgan fingerprint density at radius 3 is 2.76 bits per heavy atom. The molecule has 114 valence electrons. The first kappa shape index (κ1) is 15.2. The van der Waals surface area contributed by atoms with Crippen molar-refractivity contribution in [3.63, 3.8) is 0 Å². The van der Waals surface area contributed by atoms with E-state index in [1.807, 2.05) is 0 Å². The maximum atomic E-state index is 13.7. The van der Waals surface area contributed by atoms with Gasteiger partial charge in [0.15, 0.2) is 17.2 Å². The smallest absolute Gasteiger partial charge is 0.254 e. The van der Waals surface area contributed by atoms with Gasteiger partial charge in [0, 0.05) is 12.1 Å². The van der Waals surface area contributed by atoms with Crippen LogP contribution in [-0.4, -0.2) is 49.1 Å². The van der Waals surface area contributed by atoms with Crippen LogP contribution in [0, 0.1) is 5.82 Å². The first-order valence-electron chi connectivity index (χ1n) is 6.44. The summed E-state index contributed by atoms with van der Waals surface area (Å²) in [7, 11) is 1.35. The normalized spacial score (nSPS) is 22.0. The Morgan fingerprint density at radius 2 is 2.19 bits per heavy atom. The highest BCUT2D eigenvalue weighted by Crippen LogP contribution is 2.22. The summed E-state index contributed by atoms with van der Waals surface area (Å²) in [4.78, 5) is 25.2. The van der Waals surface area contributed by atoms with Crippen LogP contribution in [0.15, 0.2) is 18.2 Å². The first-order valence-corrected chi connectivity index (χ1v) is 6.44. The Morgan fingerprint density at radius 1 is 1.48 bits per heavy atom. The van der Waals surface area contributed by atoms with Gasteiger partial charge in [-0.2, -0.15) is 0 Å². The van der Waals surface area contributed by atoms with Gasteiger partial charge in [-0.15, -0.1) is 0 Å². The topological polar surface area (TPSA) is 81.9 Å². The molecule has 1 atom stereocenters. The number of rotatable bonds is 3. The van der Waals surface area contributed by atoms with Gasteiger partial charge >= 0.3 is 0 Å². The molecule has 1 aliphatic heterocycles. The monoisotopic (exact) mass is 296 g/mol. The van der Waals surface area contributed by atoms with Crippen molar-refractivity contribution in [2.75, 3.05) is 26.8 Å². The Balaban J connectivity index is 2.20. The van der Waals surface area contributed by atoms with Gasteiger partial charge in [0.1, 0.15) is 0 Å². The van der Waals surface area contributed by atoms with Crippen LogP contribution in [0.1, 0.15) is 17.3 Å². The van der Waals surface area contributed by atoms with E-state index in [1.54, 1.807) is 0 Å². The molecular weight excluding hydrogens is 279 g/mol. The van der Waals surface area contributed by atoms with E-state index in [-0.39, 0.29) is 30.4 Å². The number of amides is 2. The second-order valence-electron chi connectivity index (χ2n) is 5.02. The minimum atomic E-state index is -1.22. The molecule has 1 saturated heterocycles. The van der Waals surface area contributed by atoms with Crippen LogP contribution in [0.25, 0.3) is 0 Å². The van der Waals surface area contributed by atoms with Crippen molar-refractivity contribution >= 4 is 11.8 Å². The molecule has 6 nitrogen and oxygen atoms in total. The number of carbonyl (C=O) groups is 2. The SMILES string of the molecule is COc1ccc(C(=O)N2CCO[C@@](C)(C(N)=O)C2)cc1F. The van der Waals surface area contributed by atoms with Crippen molar-refractivity contribution in [2.24, 2.45) is 5.73 Å². The highest BCUT2D eigenvalue weighted by atomic mass is 19.1. The van der Waals surface area contributed by atoms with Crippen LogP contribution in [0.4, 0.5) is 4.39 Å². The minimum Gasteiger partial charge on any atom is -0.494 e. The molecule has 0 saturated carbocycles. The van der Waals surface area contributed by atoms with E-state index in [4.69, 9.17) is 15.2 Å². The molecule has 7 heteroatoms. The summed E-state index contributed by atoms with van der Waals surface area (Å²) >= 11 is 0. The van der Waals surface area contributed by atoms with Gasteiger partial charge in [0.25, 0.3) is 11.8 Å². The number of hydrogen-bond acceptors (Lipinski definition) is 4. The number of benzene rings is 1. The van der Waals surface area contributed by atoms with Gasteiger partial charge in [0.05, 0.1) is 20.3 Å². The molecule has 1 heterocycles. The van der Waals surface area contributed by atoms with Gasteiger partial charge in [-0.1, -0.05) is 0 Å². The molecule has 0 aromatic heterocycles. The lowest BCUT2D eigenvalue weighted by atomic mass is 10.0. The molecule has 0 aliphatic carbocycles. The molecule has 0 unspecified atom stereocenters. The van der Waals surface area contributed by atoms with Gasteiger partial charge in [-0.25, -0.2) is 4.39 Å². The number of morpholine rings is 1. The van der Waals surface area contributed by atoms with Crippen LogP contribution in [-0.2, 0) is 9.53 Å². The molecule has 1 aliphatic rings. The van der Waals surface area contributed by atoms with Crippen molar-refractivity contribution in [3.05, 3.63) is 29.6 Å². The molecule has 2 rings (SSSR count). The highest BCUT2D eigenvalue weighted by Gasteiger charge is 2.39. The lowest BCUT2D eigenvalue weighted by Crippen LogP contribution is -2.58. The highest BCUT2D eigenvalue weighted by molar-refractivity contribution is 5.95. The van der Waals surface area contributed by atoms with E-state index in [1.165, 1.54) is 31.1 Å². The fourth-order valence-corrected chi connectivity index (χ4v) is 2.17. The third-order valence-electron chi connectivity index (χ3n) is 3.48. The van der Waals surface area contributed by atoms with Gasteiger partial charge in [-0.3, -0.25) is 9.59 Å². The van der Waals surface area contributed by atoms with Gasteiger partial charge in [0.2, 0.25) is 0 Å². The number of hydrogen-bond donors (Lipinski definition) is 1. The van der Waals surface area contributed by atoms with E-state index in [0.29, 0.717) is 6.54 Å². The molecule has 0 radical (unpaired) electrons. The molecule has 0 bridgehead atoms. The molecular formula is C14H17FN2O4. The summed E-state index contributed by atoms with van der Waals surface area (Å²) < 4.78 is 23.8. The summed E-state index contributed by atoms with van der Waals surface area (Å²) in [5.41, 5.74) is 4.25. The van der Waals surface area contributed by atoms with Crippen LogP contribution < -0.4 is 10.5 Å². The minimum absolute atomic E-state index is 0.0365. The summed E-state index contributed by atoms with van der Waals surface area (Å²) in [6.07, 6.45) is 0. The number of ether oxygens (including phenoxy) is 2. The second-order valence-corrected chi connectivity index (χ2v) is 5.02. The summed E-state index contributed by atoms with van der Waals surface area (Å²) in [6, 6.07) is 3.97. The lowest BCUT2D eigenvalue weighted by Gasteiger charge is -2.38. The van der Waals surface area contributed by atoms with Crippen molar-refractivity contribution in [3.8, 4) is 5.75 Å². The first-order chi connectivity index (χ1) is 9.87. The zero-order valence-corrected chi connectivity index (χ0v) is 11.9. The van der Waals surface area contributed by atoms with Gasteiger partial charge < -0.3 is 20.1 Å². The Hall–Kier alpha value is -2.15. The average molecular weight is 296 g/mol. The largest absolute Gasteiger partial charge is 0.494 e. The van der Waals surface area contributed by atoms with Crippen molar-refractivity contribution in [2.45, 2.75) is 12.5 Å². The quantitative estimate of drug-likeness (QED) is 0.883. The zero-order valence-electron chi connectivity index (χ0n) is 11.9. The summed E-state index contributed by atoms with van der Waals surface area (Å²) in [6.45, 7) is 2.08. The standard InChI is InChI=1S/C14H17FN2O4/c1-14(13(16)19)8-17(5-6-21-14)12(18)9-3-4-11(20-2)10(15)7-9/h3-4,7H,5-6,8H2,1-2H3,(H2,16,19)/t14-/m1/s1. The molecule has 2 N–H and O–H groups in total. The predicted molar refractivity (Wildman–Crippen MR) is 72.4 cm³/mol. The number of halogens is 1. The second kappa shape index (κ2) is 5.69. The number of primary amides is 1. The number of carbonyl (C=O) groups excluding carboxylic acids is 2. The average Bonchev–Trinajstić information content (AvgIpc) is 2.46. The third kappa shape index (κ3) is 2.97. The third-order valence-corrected chi connectivity index (χ3v) is 3.48. The molecule has 21 heavy (non-hydrogen) atoms. The van der Waals surface area contributed by atoms with Gasteiger partial charge in [-0.05, 0) is 25.1 Å². The van der Waals surface area contributed by atoms with Crippen LogP contribution in [0.3, 0.4) is 0 Å². The number of methoxy groups -OCH3 is 1. The van der Waals surface area contributed by atoms with Crippen LogP contribution in [0.2, 0.25) is 0 Å². The molecule has 2 amide bonds. The Bertz CT molecular complexity index is 578. The van der Waals surface area contributed by atoms with E-state index in [0.717, 1.165) is 6.07 Å². The van der Waals surface area contributed by atoms with Crippen molar-refractivity contribution < 1.29 is 23.5 Å². The Labute approximate surface area is 121 Å². The number of nitrogens with zero attached hydrogens (tertiary/aromatic N) is 1. The molecule has 0 spiro atoms. The van der Waals surface area contributed by atoms with Crippen molar-refractivity contribution in [1.82, 2.24) is 4.90 Å². The fourth-order valence-electron chi connectivity index (χ4n) is 2.17.